The minimum atomic E-state index is -0.614. The molecule has 0 saturated heterocycles. The Labute approximate surface area is 112 Å². The maximum absolute atomic E-state index is 11.8. The van der Waals surface area contributed by atoms with Crippen molar-refractivity contribution in [3.63, 3.8) is 0 Å². The number of carbonyl (C=O) groups excluding carboxylic acids is 2. The van der Waals surface area contributed by atoms with Crippen LogP contribution in [0, 0.1) is 0 Å². The molecule has 0 aliphatic carbocycles. The zero-order valence-corrected chi connectivity index (χ0v) is 11.2. The molecule has 0 spiro atoms. The number of para-hydroxylation sites is 1. The lowest BCUT2D eigenvalue weighted by molar-refractivity contribution is -0.144. The number of benzene rings is 1. The van der Waals surface area contributed by atoms with Crippen LogP contribution < -0.4 is 10.1 Å². The number of carbonyl (C=O) groups is 2. The summed E-state index contributed by atoms with van der Waals surface area (Å²) in [6, 6.07) is 9.09. The fraction of sp³-hybridized carbons (Fsp3) is 0.429. The molecule has 0 aliphatic rings. The Bertz CT molecular complexity index is 405. The maximum Gasteiger partial charge on any atom is 0.325 e. The number of esters is 1. The zero-order valence-electron chi connectivity index (χ0n) is 11.2. The quantitative estimate of drug-likeness (QED) is 0.759. The molecule has 5 nitrogen and oxygen atoms in total. The lowest BCUT2D eigenvalue weighted by Crippen LogP contribution is -2.40. The zero-order chi connectivity index (χ0) is 14.1. The first kappa shape index (κ1) is 15.0. The highest BCUT2D eigenvalue weighted by Gasteiger charge is 2.18. The van der Waals surface area contributed by atoms with Crippen LogP contribution in [0.2, 0.25) is 0 Å². The van der Waals surface area contributed by atoms with Crippen LogP contribution in [0.4, 0.5) is 0 Å². The largest absolute Gasteiger partial charge is 0.481 e. The van der Waals surface area contributed by atoms with E-state index in [1.165, 1.54) is 0 Å². The van der Waals surface area contributed by atoms with Crippen molar-refractivity contribution >= 4 is 11.9 Å². The SMILES string of the molecule is CCOC(=O)CNC(=O)[C@H](CC)Oc1ccccc1. The van der Waals surface area contributed by atoms with Gasteiger partial charge in [-0.15, -0.1) is 0 Å². The predicted molar refractivity (Wildman–Crippen MR) is 70.8 cm³/mol. The first-order valence-corrected chi connectivity index (χ1v) is 6.32. The number of hydrogen-bond acceptors (Lipinski definition) is 4. The van der Waals surface area contributed by atoms with Gasteiger partial charge < -0.3 is 14.8 Å². The summed E-state index contributed by atoms with van der Waals surface area (Å²) in [5, 5.41) is 2.50. The average molecular weight is 265 g/mol. The van der Waals surface area contributed by atoms with Crippen molar-refractivity contribution in [1.29, 1.82) is 0 Å². The molecule has 5 heteroatoms. The van der Waals surface area contributed by atoms with Crippen molar-refractivity contribution < 1.29 is 19.1 Å². The lowest BCUT2D eigenvalue weighted by atomic mass is 10.2. The number of hydrogen-bond donors (Lipinski definition) is 1. The fourth-order valence-electron chi connectivity index (χ4n) is 1.47. The van der Waals surface area contributed by atoms with Gasteiger partial charge in [-0.2, -0.15) is 0 Å². The van der Waals surface area contributed by atoms with E-state index in [2.05, 4.69) is 5.32 Å². The van der Waals surface area contributed by atoms with E-state index in [0.29, 0.717) is 18.8 Å². The molecule has 19 heavy (non-hydrogen) atoms. The average Bonchev–Trinajstić information content (AvgIpc) is 2.43. The van der Waals surface area contributed by atoms with Crippen LogP contribution in [0.5, 0.6) is 5.75 Å². The van der Waals surface area contributed by atoms with Crippen LogP contribution in [-0.2, 0) is 14.3 Å². The smallest absolute Gasteiger partial charge is 0.325 e. The van der Waals surface area contributed by atoms with Gasteiger partial charge in [-0.3, -0.25) is 9.59 Å². The maximum atomic E-state index is 11.8. The minimum Gasteiger partial charge on any atom is -0.481 e. The van der Waals surface area contributed by atoms with Crippen molar-refractivity contribution in [2.24, 2.45) is 0 Å². The summed E-state index contributed by atoms with van der Waals surface area (Å²) in [4.78, 5) is 23.0. The Kier molecular flexibility index (Phi) is 6.43. The van der Waals surface area contributed by atoms with Gasteiger partial charge >= 0.3 is 5.97 Å². The van der Waals surface area contributed by atoms with E-state index in [9.17, 15) is 9.59 Å². The highest BCUT2D eigenvalue weighted by molar-refractivity contribution is 5.85. The van der Waals surface area contributed by atoms with E-state index in [1.54, 1.807) is 19.1 Å². The van der Waals surface area contributed by atoms with Crippen molar-refractivity contribution in [1.82, 2.24) is 5.32 Å². The number of rotatable bonds is 7. The van der Waals surface area contributed by atoms with E-state index < -0.39 is 12.1 Å². The first-order valence-electron chi connectivity index (χ1n) is 6.32. The van der Waals surface area contributed by atoms with Crippen molar-refractivity contribution in [2.75, 3.05) is 13.2 Å². The van der Waals surface area contributed by atoms with E-state index >= 15 is 0 Å². The molecule has 1 aromatic rings. The fourth-order valence-corrected chi connectivity index (χ4v) is 1.47. The highest BCUT2D eigenvalue weighted by atomic mass is 16.5. The van der Waals surface area contributed by atoms with Crippen LogP contribution in [0.3, 0.4) is 0 Å². The molecule has 0 aliphatic heterocycles. The van der Waals surface area contributed by atoms with E-state index in [-0.39, 0.29) is 12.5 Å². The van der Waals surface area contributed by atoms with Crippen LogP contribution >= 0.6 is 0 Å². The predicted octanol–water partition coefficient (Wildman–Crippen LogP) is 1.52. The molecular weight excluding hydrogens is 246 g/mol. The summed E-state index contributed by atoms with van der Waals surface area (Å²) in [5.41, 5.74) is 0. The number of ether oxygens (including phenoxy) is 2. The third kappa shape index (κ3) is 5.42. The first-order chi connectivity index (χ1) is 9.17. The third-order valence-corrected chi connectivity index (χ3v) is 2.40. The standard InChI is InChI=1S/C14H19NO4/c1-3-12(19-11-8-6-5-7-9-11)14(17)15-10-13(16)18-4-2/h5-9,12H,3-4,10H2,1-2H3,(H,15,17)/t12-/m0/s1. The van der Waals surface area contributed by atoms with Gasteiger partial charge in [0.25, 0.3) is 5.91 Å². The monoisotopic (exact) mass is 265 g/mol. The molecule has 0 radical (unpaired) electrons. The molecule has 0 aromatic heterocycles. The molecule has 1 amide bonds. The van der Waals surface area contributed by atoms with Gasteiger partial charge in [-0.05, 0) is 25.5 Å². The molecule has 0 fully saturated rings. The molecule has 1 rings (SSSR count). The molecule has 1 atom stereocenters. The van der Waals surface area contributed by atoms with Gasteiger partial charge in [-0.25, -0.2) is 0 Å². The summed E-state index contributed by atoms with van der Waals surface area (Å²) in [7, 11) is 0. The van der Waals surface area contributed by atoms with Crippen LogP contribution in [-0.4, -0.2) is 31.1 Å². The second kappa shape index (κ2) is 8.13. The highest BCUT2D eigenvalue weighted by Crippen LogP contribution is 2.12. The van der Waals surface area contributed by atoms with E-state index in [4.69, 9.17) is 9.47 Å². The molecule has 0 unspecified atom stereocenters. The van der Waals surface area contributed by atoms with Crippen molar-refractivity contribution in [2.45, 2.75) is 26.4 Å². The Balaban J connectivity index is 2.46. The van der Waals surface area contributed by atoms with Crippen molar-refractivity contribution in [3.8, 4) is 5.75 Å². The summed E-state index contributed by atoms with van der Waals surface area (Å²) in [5.74, 6) is -0.148. The van der Waals surface area contributed by atoms with Gasteiger partial charge in [0.05, 0.1) is 6.61 Å². The normalized spacial score (nSPS) is 11.5. The second-order valence-electron chi connectivity index (χ2n) is 3.85. The van der Waals surface area contributed by atoms with E-state index in [1.807, 2.05) is 25.1 Å². The molecule has 0 heterocycles. The molecular formula is C14H19NO4. The molecule has 0 saturated carbocycles. The Hall–Kier alpha value is -2.04. The molecule has 1 N–H and O–H groups in total. The Morgan fingerprint density at radius 3 is 2.47 bits per heavy atom. The Morgan fingerprint density at radius 2 is 1.89 bits per heavy atom. The van der Waals surface area contributed by atoms with E-state index in [0.717, 1.165) is 0 Å². The summed E-state index contributed by atoms with van der Waals surface area (Å²) in [6.45, 7) is 3.72. The van der Waals surface area contributed by atoms with Crippen LogP contribution in [0.25, 0.3) is 0 Å². The van der Waals surface area contributed by atoms with Gasteiger partial charge in [0.2, 0.25) is 0 Å². The van der Waals surface area contributed by atoms with Gasteiger partial charge in [0.15, 0.2) is 6.10 Å². The second-order valence-corrected chi connectivity index (χ2v) is 3.85. The summed E-state index contributed by atoms with van der Waals surface area (Å²) < 4.78 is 10.3. The minimum absolute atomic E-state index is 0.138. The van der Waals surface area contributed by atoms with Crippen molar-refractivity contribution in [3.05, 3.63) is 30.3 Å². The van der Waals surface area contributed by atoms with Crippen LogP contribution in [0.1, 0.15) is 20.3 Å². The topological polar surface area (TPSA) is 64.6 Å². The van der Waals surface area contributed by atoms with Gasteiger partial charge in [0.1, 0.15) is 12.3 Å². The molecule has 1 aromatic carbocycles. The third-order valence-electron chi connectivity index (χ3n) is 2.40. The lowest BCUT2D eigenvalue weighted by Gasteiger charge is -2.16. The summed E-state index contributed by atoms with van der Waals surface area (Å²) in [6.07, 6.45) is -0.0966. The van der Waals surface area contributed by atoms with Gasteiger partial charge in [0, 0.05) is 0 Å². The number of nitrogens with one attached hydrogen (secondary N) is 1. The summed E-state index contributed by atoms with van der Waals surface area (Å²) >= 11 is 0. The number of amides is 1. The Morgan fingerprint density at radius 1 is 1.21 bits per heavy atom. The molecule has 104 valence electrons. The van der Waals surface area contributed by atoms with Gasteiger partial charge in [-0.1, -0.05) is 25.1 Å². The molecule has 0 bridgehead atoms. The van der Waals surface area contributed by atoms with Crippen LogP contribution in [0.15, 0.2) is 30.3 Å².